The number of nitrogens with one attached hydrogen (secondary N) is 1. The molecule has 4 rings (SSSR count). The molecule has 0 radical (unpaired) electrons. The summed E-state index contributed by atoms with van der Waals surface area (Å²) in [6, 6.07) is 4.24. The Morgan fingerprint density at radius 2 is 1.89 bits per heavy atom. The van der Waals surface area contributed by atoms with Gasteiger partial charge in [0.25, 0.3) is 11.8 Å². The summed E-state index contributed by atoms with van der Waals surface area (Å²) in [6.45, 7) is 0. The highest BCUT2D eigenvalue weighted by molar-refractivity contribution is 6.31. The lowest BCUT2D eigenvalue weighted by atomic mass is 9.72. The molecule has 140 valence electrons. The first kappa shape index (κ1) is 17.7. The van der Waals surface area contributed by atoms with E-state index < -0.39 is 17.9 Å². The van der Waals surface area contributed by atoms with Crippen LogP contribution >= 0.6 is 11.6 Å². The SMILES string of the molecule is Fc1ccc(Cl)c(C2(Nc3ncc(-c4nnc(C(F)F)o4)cn3)CCC2)c1. The van der Waals surface area contributed by atoms with Gasteiger partial charge < -0.3 is 9.73 Å². The largest absolute Gasteiger partial charge is 0.415 e. The van der Waals surface area contributed by atoms with Crippen LogP contribution in [0.25, 0.3) is 11.5 Å². The topological polar surface area (TPSA) is 76.7 Å². The van der Waals surface area contributed by atoms with Crippen LogP contribution in [0.3, 0.4) is 0 Å². The Bertz CT molecular complexity index is 959. The highest BCUT2D eigenvalue weighted by atomic mass is 35.5. The van der Waals surface area contributed by atoms with Gasteiger partial charge in [0.05, 0.1) is 11.1 Å². The normalized spacial score (nSPS) is 15.6. The van der Waals surface area contributed by atoms with Crippen LogP contribution in [0, 0.1) is 5.82 Å². The molecule has 1 N–H and O–H groups in total. The quantitative estimate of drug-likeness (QED) is 0.672. The lowest BCUT2D eigenvalue weighted by molar-refractivity contribution is 0.116. The van der Waals surface area contributed by atoms with Crippen molar-refractivity contribution in [3.63, 3.8) is 0 Å². The number of benzene rings is 1. The maximum Gasteiger partial charge on any atom is 0.314 e. The zero-order chi connectivity index (χ0) is 19.0. The van der Waals surface area contributed by atoms with E-state index >= 15 is 0 Å². The predicted octanol–water partition coefficient (Wildman–Crippen LogP) is 4.75. The van der Waals surface area contributed by atoms with E-state index in [1.165, 1.54) is 30.6 Å². The Morgan fingerprint density at radius 3 is 2.48 bits per heavy atom. The molecule has 6 nitrogen and oxygen atoms in total. The number of hydrogen-bond acceptors (Lipinski definition) is 6. The van der Waals surface area contributed by atoms with E-state index in [-0.39, 0.29) is 11.7 Å². The minimum Gasteiger partial charge on any atom is -0.415 e. The highest BCUT2D eigenvalue weighted by Gasteiger charge is 2.41. The van der Waals surface area contributed by atoms with E-state index in [1.807, 2.05) is 0 Å². The molecule has 27 heavy (non-hydrogen) atoms. The zero-order valence-corrected chi connectivity index (χ0v) is 14.6. The molecule has 1 saturated carbocycles. The standard InChI is InChI=1S/C17H13ClF3N5O/c18-12-3-2-10(19)6-11(12)17(4-1-5-17)24-16-22-7-9(8-23-16)14-25-26-15(27-14)13(20)21/h2-3,6-8,13H,1,4-5H2,(H,22,23,24). The van der Waals surface area contributed by atoms with Gasteiger partial charge in [0.2, 0.25) is 5.95 Å². The van der Waals surface area contributed by atoms with E-state index in [4.69, 9.17) is 16.0 Å². The number of halogens is 4. The molecule has 1 aromatic carbocycles. The molecule has 3 aromatic rings. The third kappa shape index (κ3) is 3.34. The molecule has 10 heteroatoms. The van der Waals surface area contributed by atoms with E-state index in [2.05, 4.69) is 25.5 Å². The van der Waals surface area contributed by atoms with Gasteiger partial charge in [0.15, 0.2) is 0 Å². The van der Waals surface area contributed by atoms with E-state index in [9.17, 15) is 13.2 Å². The van der Waals surface area contributed by atoms with Crippen LogP contribution in [0.15, 0.2) is 35.0 Å². The first-order valence-corrected chi connectivity index (χ1v) is 8.52. The van der Waals surface area contributed by atoms with Crippen LogP contribution in [0.2, 0.25) is 5.02 Å². The summed E-state index contributed by atoms with van der Waals surface area (Å²) in [4.78, 5) is 8.36. The average Bonchev–Trinajstić information content (AvgIpc) is 3.11. The second-order valence-corrected chi connectivity index (χ2v) is 6.63. The fraction of sp³-hybridized carbons (Fsp3) is 0.294. The summed E-state index contributed by atoms with van der Waals surface area (Å²) < 4.78 is 43.6. The minimum absolute atomic E-state index is 0.0941. The van der Waals surface area contributed by atoms with Crippen LogP contribution in [0.1, 0.15) is 37.1 Å². The number of aromatic nitrogens is 4. The van der Waals surface area contributed by atoms with E-state index in [0.29, 0.717) is 22.1 Å². The number of alkyl halides is 2. The number of anilines is 1. The predicted molar refractivity (Wildman–Crippen MR) is 90.8 cm³/mol. The lowest BCUT2D eigenvalue weighted by Crippen LogP contribution is -2.43. The first-order chi connectivity index (χ1) is 13.0. The van der Waals surface area contributed by atoms with Gasteiger partial charge in [-0.1, -0.05) is 11.6 Å². The third-order valence-corrected chi connectivity index (χ3v) is 4.86. The van der Waals surface area contributed by atoms with Crippen molar-refractivity contribution in [2.75, 3.05) is 5.32 Å². The maximum absolute atomic E-state index is 13.7. The molecule has 0 bridgehead atoms. The van der Waals surface area contributed by atoms with Gasteiger partial charge in [-0.15, -0.1) is 10.2 Å². The van der Waals surface area contributed by atoms with Crippen molar-refractivity contribution in [2.45, 2.75) is 31.2 Å². The zero-order valence-electron chi connectivity index (χ0n) is 13.8. The van der Waals surface area contributed by atoms with Crippen molar-refractivity contribution in [3.05, 3.63) is 52.9 Å². The van der Waals surface area contributed by atoms with Gasteiger partial charge in [-0.05, 0) is 43.0 Å². The van der Waals surface area contributed by atoms with Crippen molar-refractivity contribution >= 4 is 17.5 Å². The summed E-state index contributed by atoms with van der Waals surface area (Å²) >= 11 is 6.26. The Kier molecular flexibility index (Phi) is 4.47. The average molecular weight is 396 g/mol. The summed E-state index contributed by atoms with van der Waals surface area (Å²) in [6.07, 6.45) is 2.39. The molecule has 2 aromatic heterocycles. The fourth-order valence-electron chi connectivity index (χ4n) is 3.01. The monoisotopic (exact) mass is 395 g/mol. The Hall–Kier alpha value is -2.68. The number of rotatable bonds is 5. The van der Waals surface area contributed by atoms with Crippen molar-refractivity contribution in [2.24, 2.45) is 0 Å². The molecular weight excluding hydrogens is 383 g/mol. The summed E-state index contributed by atoms with van der Waals surface area (Å²) in [7, 11) is 0. The molecule has 1 aliphatic rings. The van der Waals surface area contributed by atoms with Gasteiger partial charge in [0.1, 0.15) is 5.82 Å². The van der Waals surface area contributed by atoms with Gasteiger partial charge in [-0.3, -0.25) is 0 Å². The lowest BCUT2D eigenvalue weighted by Gasteiger charge is -2.43. The van der Waals surface area contributed by atoms with Crippen LogP contribution in [0.5, 0.6) is 0 Å². The Balaban J connectivity index is 1.57. The van der Waals surface area contributed by atoms with Crippen molar-refractivity contribution in [3.8, 4) is 11.5 Å². The fourth-order valence-corrected chi connectivity index (χ4v) is 3.31. The molecule has 0 atom stereocenters. The maximum atomic E-state index is 13.7. The van der Waals surface area contributed by atoms with Crippen LogP contribution < -0.4 is 5.32 Å². The van der Waals surface area contributed by atoms with Crippen molar-refractivity contribution in [1.82, 2.24) is 20.2 Å². The molecule has 2 heterocycles. The molecule has 1 aliphatic carbocycles. The molecule has 1 fully saturated rings. The Morgan fingerprint density at radius 1 is 1.15 bits per heavy atom. The smallest absolute Gasteiger partial charge is 0.314 e. The van der Waals surface area contributed by atoms with Crippen LogP contribution in [-0.2, 0) is 5.54 Å². The van der Waals surface area contributed by atoms with E-state index in [0.717, 1.165) is 19.3 Å². The summed E-state index contributed by atoms with van der Waals surface area (Å²) in [5.74, 6) is -0.929. The molecule has 0 aliphatic heterocycles. The summed E-state index contributed by atoms with van der Waals surface area (Å²) in [5, 5.41) is 10.5. The van der Waals surface area contributed by atoms with Gasteiger partial charge in [-0.25, -0.2) is 14.4 Å². The first-order valence-electron chi connectivity index (χ1n) is 8.14. The minimum atomic E-state index is -2.84. The molecule has 0 amide bonds. The van der Waals surface area contributed by atoms with Crippen LogP contribution in [0.4, 0.5) is 19.1 Å². The van der Waals surface area contributed by atoms with E-state index in [1.54, 1.807) is 0 Å². The van der Waals surface area contributed by atoms with Gasteiger partial charge >= 0.3 is 6.43 Å². The van der Waals surface area contributed by atoms with Crippen molar-refractivity contribution < 1.29 is 17.6 Å². The Labute approximate surface area is 156 Å². The second kappa shape index (κ2) is 6.80. The number of nitrogens with zero attached hydrogens (tertiary/aromatic N) is 4. The van der Waals surface area contributed by atoms with Crippen molar-refractivity contribution in [1.29, 1.82) is 0 Å². The number of hydrogen-bond donors (Lipinski definition) is 1. The molecule has 0 spiro atoms. The molecular formula is C17H13ClF3N5O. The van der Waals surface area contributed by atoms with Gasteiger partial charge in [0, 0.05) is 17.4 Å². The van der Waals surface area contributed by atoms with Crippen LogP contribution in [-0.4, -0.2) is 20.2 Å². The van der Waals surface area contributed by atoms with Gasteiger partial charge in [-0.2, -0.15) is 8.78 Å². The highest BCUT2D eigenvalue weighted by Crippen LogP contribution is 2.46. The summed E-state index contributed by atoms with van der Waals surface area (Å²) in [5.41, 5.74) is 0.418. The second-order valence-electron chi connectivity index (χ2n) is 6.23. The third-order valence-electron chi connectivity index (χ3n) is 4.53. The molecule has 0 unspecified atom stereocenters. The molecule has 0 saturated heterocycles.